The Labute approximate surface area is 129 Å². The van der Waals surface area contributed by atoms with Crippen LogP contribution in [-0.4, -0.2) is 29.0 Å². The predicted molar refractivity (Wildman–Crippen MR) is 87.9 cm³/mol. The number of aromatic nitrogens is 1. The largest absolute Gasteiger partial charge is 0.324 e. The van der Waals surface area contributed by atoms with Crippen molar-refractivity contribution in [3.8, 4) is 0 Å². The Morgan fingerprint density at radius 2 is 2.05 bits per heavy atom. The molecule has 2 unspecified atom stereocenters. The number of piperidine rings is 1. The highest BCUT2D eigenvalue weighted by Gasteiger charge is 2.25. The van der Waals surface area contributed by atoms with Crippen LogP contribution < -0.4 is 5.32 Å². The van der Waals surface area contributed by atoms with Crippen LogP contribution in [0.1, 0.15) is 25.3 Å². The number of urea groups is 1. The summed E-state index contributed by atoms with van der Waals surface area (Å²) in [5.74, 6) is 1.15. The lowest BCUT2D eigenvalue weighted by atomic mass is 9.92. The van der Waals surface area contributed by atoms with Crippen molar-refractivity contribution < 1.29 is 4.79 Å². The first-order valence-corrected chi connectivity index (χ1v) is 8.26. The lowest BCUT2D eigenvalue weighted by Crippen LogP contribution is -2.44. The SMILES string of the molecule is Cc1nc2ccc(NC(=O)N3CC(C)CC(C)C3)cc2s1. The highest BCUT2D eigenvalue weighted by atomic mass is 32.1. The molecule has 0 bridgehead atoms. The molecule has 1 aromatic carbocycles. The molecule has 0 saturated carbocycles. The van der Waals surface area contributed by atoms with E-state index in [1.165, 1.54) is 6.42 Å². The van der Waals surface area contributed by atoms with Gasteiger partial charge in [-0.1, -0.05) is 13.8 Å². The second-order valence-corrected chi connectivity index (χ2v) is 7.43. The van der Waals surface area contributed by atoms with Crippen LogP contribution in [0.3, 0.4) is 0 Å². The van der Waals surface area contributed by atoms with Gasteiger partial charge in [-0.2, -0.15) is 0 Å². The Kier molecular flexibility index (Phi) is 3.85. The zero-order chi connectivity index (χ0) is 15.0. The number of benzene rings is 1. The lowest BCUT2D eigenvalue weighted by Gasteiger charge is -2.34. The van der Waals surface area contributed by atoms with E-state index in [0.29, 0.717) is 11.8 Å². The normalized spacial score (nSPS) is 22.5. The number of aryl methyl sites for hydroxylation is 1. The van der Waals surface area contributed by atoms with Crippen LogP contribution in [0.4, 0.5) is 10.5 Å². The van der Waals surface area contributed by atoms with Crippen LogP contribution >= 0.6 is 11.3 Å². The van der Waals surface area contributed by atoms with Gasteiger partial charge in [0.05, 0.1) is 15.2 Å². The van der Waals surface area contributed by atoms with E-state index in [9.17, 15) is 4.79 Å². The number of rotatable bonds is 1. The second-order valence-electron chi connectivity index (χ2n) is 6.20. The van der Waals surface area contributed by atoms with Crippen LogP contribution in [0.5, 0.6) is 0 Å². The minimum atomic E-state index is 0.00832. The summed E-state index contributed by atoms with van der Waals surface area (Å²) in [6.07, 6.45) is 1.20. The summed E-state index contributed by atoms with van der Waals surface area (Å²) >= 11 is 1.65. The molecule has 0 radical (unpaired) electrons. The van der Waals surface area contributed by atoms with Crippen molar-refractivity contribution in [2.75, 3.05) is 18.4 Å². The molecule has 112 valence electrons. The predicted octanol–water partition coefficient (Wildman–Crippen LogP) is 4.11. The topological polar surface area (TPSA) is 45.2 Å². The highest BCUT2D eigenvalue weighted by molar-refractivity contribution is 7.18. The number of fused-ring (bicyclic) bond motifs is 1. The van der Waals surface area contributed by atoms with Crippen LogP contribution in [0.15, 0.2) is 18.2 Å². The Hall–Kier alpha value is -1.62. The fourth-order valence-corrected chi connectivity index (χ4v) is 4.02. The molecule has 1 fully saturated rings. The van der Waals surface area contributed by atoms with Gasteiger partial charge in [-0.05, 0) is 43.4 Å². The van der Waals surface area contributed by atoms with Gasteiger partial charge < -0.3 is 10.2 Å². The molecule has 21 heavy (non-hydrogen) atoms. The van der Waals surface area contributed by atoms with E-state index >= 15 is 0 Å². The maximum atomic E-state index is 12.4. The fourth-order valence-electron chi connectivity index (χ4n) is 3.15. The summed E-state index contributed by atoms with van der Waals surface area (Å²) in [7, 11) is 0. The first-order chi connectivity index (χ1) is 10.0. The third-order valence-electron chi connectivity index (χ3n) is 3.90. The molecule has 0 spiro atoms. The van der Waals surface area contributed by atoms with Gasteiger partial charge in [-0.15, -0.1) is 11.3 Å². The number of nitrogens with zero attached hydrogens (tertiary/aromatic N) is 2. The average molecular weight is 303 g/mol. The maximum Gasteiger partial charge on any atom is 0.321 e. The molecule has 1 aliphatic heterocycles. The zero-order valence-corrected chi connectivity index (χ0v) is 13.5. The zero-order valence-electron chi connectivity index (χ0n) is 12.7. The van der Waals surface area contributed by atoms with Crippen LogP contribution in [0.25, 0.3) is 10.2 Å². The third-order valence-corrected chi connectivity index (χ3v) is 4.84. The molecule has 3 rings (SSSR count). The second kappa shape index (κ2) is 5.64. The summed E-state index contributed by atoms with van der Waals surface area (Å²) in [5.41, 5.74) is 1.85. The van der Waals surface area contributed by atoms with Crippen LogP contribution in [0, 0.1) is 18.8 Å². The first kappa shape index (κ1) is 14.3. The molecular weight excluding hydrogens is 282 g/mol. The molecule has 5 heteroatoms. The highest BCUT2D eigenvalue weighted by Crippen LogP contribution is 2.26. The number of thiazole rings is 1. The quantitative estimate of drug-likeness (QED) is 0.861. The first-order valence-electron chi connectivity index (χ1n) is 7.44. The smallest absolute Gasteiger partial charge is 0.321 e. The molecule has 4 nitrogen and oxygen atoms in total. The minimum Gasteiger partial charge on any atom is -0.324 e. The Bertz CT molecular complexity index is 657. The van der Waals surface area contributed by atoms with Gasteiger partial charge in [0.15, 0.2) is 0 Å². The molecule has 0 aliphatic carbocycles. The van der Waals surface area contributed by atoms with E-state index in [1.807, 2.05) is 30.0 Å². The summed E-state index contributed by atoms with van der Waals surface area (Å²) in [5, 5.41) is 4.07. The van der Waals surface area contributed by atoms with Gasteiger partial charge in [0.1, 0.15) is 0 Å². The van der Waals surface area contributed by atoms with E-state index in [0.717, 1.165) is 34.0 Å². The van der Waals surface area contributed by atoms with E-state index in [1.54, 1.807) is 11.3 Å². The number of anilines is 1. The van der Waals surface area contributed by atoms with Gasteiger partial charge in [0, 0.05) is 18.8 Å². The van der Waals surface area contributed by atoms with Crippen molar-refractivity contribution in [2.45, 2.75) is 27.2 Å². The lowest BCUT2D eigenvalue weighted by molar-refractivity contribution is 0.156. The minimum absolute atomic E-state index is 0.00832. The Morgan fingerprint density at radius 3 is 2.76 bits per heavy atom. The fraction of sp³-hybridized carbons (Fsp3) is 0.500. The maximum absolute atomic E-state index is 12.4. The van der Waals surface area contributed by atoms with Crippen molar-refractivity contribution in [2.24, 2.45) is 11.8 Å². The summed E-state index contributed by atoms with van der Waals surface area (Å²) in [4.78, 5) is 18.8. The molecule has 2 aromatic rings. The molecule has 1 aliphatic rings. The van der Waals surface area contributed by atoms with Gasteiger partial charge in [-0.3, -0.25) is 0 Å². The molecule has 2 atom stereocenters. The third kappa shape index (κ3) is 3.18. The van der Waals surface area contributed by atoms with Crippen LogP contribution in [0.2, 0.25) is 0 Å². The molecule has 2 heterocycles. The Balaban J connectivity index is 1.73. The standard InChI is InChI=1S/C16H21N3OS/c1-10-6-11(2)9-19(8-10)16(20)18-13-4-5-14-15(7-13)21-12(3)17-14/h4-5,7,10-11H,6,8-9H2,1-3H3,(H,18,20). The van der Waals surface area contributed by atoms with Crippen molar-refractivity contribution in [3.05, 3.63) is 23.2 Å². The number of likely N-dealkylation sites (tertiary alicyclic amines) is 1. The summed E-state index contributed by atoms with van der Waals surface area (Å²) in [6.45, 7) is 8.11. The van der Waals surface area contributed by atoms with E-state index in [2.05, 4.69) is 24.1 Å². The van der Waals surface area contributed by atoms with E-state index in [4.69, 9.17) is 0 Å². The van der Waals surface area contributed by atoms with Gasteiger partial charge >= 0.3 is 6.03 Å². The van der Waals surface area contributed by atoms with Gasteiger partial charge in [-0.25, -0.2) is 9.78 Å². The van der Waals surface area contributed by atoms with Crippen LogP contribution in [-0.2, 0) is 0 Å². The summed E-state index contributed by atoms with van der Waals surface area (Å²) in [6, 6.07) is 5.91. The molecule has 1 aromatic heterocycles. The number of nitrogens with one attached hydrogen (secondary N) is 1. The molecule has 1 saturated heterocycles. The average Bonchev–Trinajstić information content (AvgIpc) is 2.77. The molecule has 1 N–H and O–H groups in total. The number of hydrogen-bond acceptors (Lipinski definition) is 3. The monoisotopic (exact) mass is 303 g/mol. The van der Waals surface area contributed by atoms with Gasteiger partial charge in [0.2, 0.25) is 0 Å². The van der Waals surface area contributed by atoms with Crippen molar-refractivity contribution >= 4 is 33.3 Å². The van der Waals surface area contributed by atoms with Crippen molar-refractivity contribution in [1.29, 1.82) is 0 Å². The van der Waals surface area contributed by atoms with Gasteiger partial charge in [0.25, 0.3) is 0 Å². The number of hydrogen-bond donors (Lipinski definition) is 1. The van der Waals surface area contributed by atoms with Crippen molar-refractivity contribution in [1.82, 2.24) is 9.88 Å². The van der Waals surface area contributed by atoms with Crippen molar-refractivity contribution in [3.63, 3.8) is 0 Å². The number of amides is 2. The molecular formula is C16H21N3OS. The number of carbonyl (C=O) groups is 1. The summed E-state index contributed by atoms with van der Waals surface area (Å²) < 4.78 is 1.12. The van der Waals surface area contributed by atoms with E-state index < -0.39 is 0 Å². The number of carbonyl (C=O) groups excluding carboxylic acids is 1. The molecule has 2 amide bonds. The Morgan fingerprint density at radius 1 is 1.33 bits per heavy atom. The van der Waals surface area contributed by atoms with E-state index in [-0.39, 0.29) is 6.03 Å².